The van der Waals surface area contributed by atoms with Crippen molar-refractivity contribution in [3.05, 3.63) is 86.7 Å². The number of halogens is 1. The molecule has 0 atom stereocenters. The predicted molar refractivity (Wildman–Crippen MR) is 154 cm³/mol. The van der Waals surface area contributed by atoms with Crippen LogP contribution in [0.1, 0.15) is 76.0 Å². The number of rotatable bonds is 6. The summed E-state index contributed by atoms with van der Waals surface area (Å²) >= 11 is 6.54. The average Bonchev–Trinajstić information content (AvgIpc) is 2.83. The zero-order valence-corrected chi connectivity index (χ0v) is 24.5. The first-order chi connectivity index (χ1) is 18.7. The molecule has 2 aliphatic carbocycles. The van der Waals surface area contributed by atoms with Gasteiger partial charge < -0.3 is 14.7 Å². The Morgan fingerprint density at radius 3 is 2.00 bits per heavy atom. The molecule has 210 valence electrons. The highest BCUT2D eigenvalue weighted by Crippen LogP contribution is 2.55. The first-order valence-corrected chi connectivity index (χ1v) is 14.1. The fraction of sp³-hybridized carbons (Fsp3) is 0.424. The smallest absolute Gasteiger partial charge is 0.323 e. The minimum absolute atomic E-state index is 0.0692. The monoisotopic (exact) mass is 561 g/mol. The van der Waals surface area contributed by atoms with E-state index in [2.05, 4.69) is 0 Å². The molecular weight excluding hydrogens is 526 g/mol. The van der Waals surface area contributed by atoms with Crippen molar-refractivity contribution < 1.29 is 24.2 Å². The maximum atomic E-state index is 13.9. The van der Waals surface area contributed by atoms with Crippen molar-refractivity contribution in [1.29, 1.82) is 0 Å². The maximum absolute atomic E-state index is 13.9. The minimum Gasteiger partial charge on any atom is -0.489 e. The summed E-state index contributed by atoms with van der Waals surface area (Å²) in [5, 5.41) is 10.4. The van der Waals surface area contributed by atoms with Gasteiger partial charge in [-0.3, -0.25) is 14.4 Å². The molecule has 0 spiro atoms. The molecule has 1 aliphatic heterocycles. The first-order valence-electron chi connectivity index (χ1n) is 13.7. The second-order valence-electron chi connectivity index (χ2n) is 13.0. The summed E-state index contributed by atoms with van der Waals surface area (Å²) in [6, 6.07) is 13.4. The van der Waals surface area contributed by atoms with Crippen molar-refractivity contribution in [3.8, 4) is 5.75 Å². The van der Waals surface area contributed by atoms with Gasteiger partial charge in [-0.15, -0.1) is 0 Å². The van der Waals surface area contributed by atoms with Crippen LogP contribution in [0.15, 0.2) is 65.0 Å². The molecule has 1 heterocycles. The Bertz CT molecular complexity index is 1410. The van der Waals surface area contributed by atoms with Crippen molar-refractivity contribution in [2.24, 2.45) is 10.8 Å². The maximum Gasteiger partial charge on any atom is 0.323 e. The number of carbonyl (C=O) groups is 3. The highest BCUT2D eigenvalue weighted by molar-refractivity contribution is 6.30. The van der Waals surface area contributed by atoms with Gasteiger partial charge in [0.15, 0.2) is 11.6 Å². The highest BCUT2D eigenvalue weighted by Gasteiger charge is 2.49. The molecule has 3 aliphatic rings. The lowest BCUT2D eigenvalue weighted by Crippen LogP contribution is -2.45. The Balaban J connectivity index is 1.71. The first kappa shape index (κ1) is 28.2. The van der Waals surface area contributed by atoms with E-state index in [9.17, 15) is 19.5 Å². The zero-order chi connectivity index (χ0) is 29.0. The van der Waals surface area contributed by atoms with Gasteiger partial charge in [0.05, 0.1) is 0 Å². The van der Waals surface area contributed by atoms with Crippen molar-refractivity contribution in [1.82, 2.24) is 4.90 Å². The van der Waals surface area contributed by atoms with Crippen LogP contribution < -0.4 is 4.74 Å². The molecule has 40 heavy (non-hydrogen) atoms. The molecule has 0 radical (unpaired) electrons. The van der Waals surface area contributed by atoms with Crippen molar-refractivity contribution in [2.45, 2.75) is 72.8 Å². The third-order valence-corrected chi connectivity index (χ3v) is 8.35. The number of allylic oxidation sites excluding steroid dienone is 4. The molecule has 0 amide bonds. The highest BCUT2D eigenvalue weighted by atomic mass is 35.5. The SMILES string of the molecule is Cc1ccc(COc2ccc(Cl)cc2C2C3=C(CC(C)(C)CC3=O)N(CC(=O)O)C3=C2C(=O)CC(C)(C)C3)cc1. The number of carboxylic acids is 1. The second-order valence-corrected chi connectivity index (χ2v) is 13.4. The zero-order valence-electron chi connectivity index (χ0n) is 23.8. The Hall–Kier alpha value is -3.38. The molecule has 1 N–H and O–H groups in total. The van der Waals surface area contributed by atoms with Crippen LogP contribution in [0.25, 0.3) is 0 Å². The third-order valence-electron chi connectivity index (χ3n) is 8.11. The fourth-order valence-electron chi connectivity index (χ4n) is 6.41. The Kier molecular flexibility index (Phi) is 7.20. The number of hydrogen-bond donors (Lipinski definition) is 1. The van der Waals surface area contributed by atoms with E-state index < -0.39 is 11.9 Å². The van der Waals surface area contributed by atoms with E-state index in [1.807, 2.05) is 58.9 Å². The van der Waals surface area contributed by atoms with Crippen molar-refractivity contribution in [3.63, 3.8) is 0 Å². The topological polar surface area (TPSA) is 83.9 Å². The summed E-state index contributed by atoms with van der Waals surface area (Å²) in [5.74, 6) is -1.26. The van der Waals surface area contributed by atoms with Crippen LogP contribution in [0.2, 0.25) is 5.02 Å². The van der Waals surface area contributed by atoms with Gasteiger partial charge in [0.2, 0.25) is 0 Å². The molecule has 0 aromatic heterocycles. The number of nitrogens with zero attached hydrogens (tertiary/aromatic N) is 1. The average molecular weight is 562 g/mol. The van der Waals surface area contributed by atoms with Gasteiger partial charge >= 0.3 is 5.97 Å². The predicted octanol–water partition coefficient (Wildman–Crippen LogP) is 7.00. The van der Waals surface area contributed by atoms with Gasteiger partial charge in [-0.05, 0) is 54.4 Å². The van der Waals surface area contributed by atoms with E-state index in [-0.39, 0.29) is 28.9 Å². The minimum atomic E-state index is -1.01. The van der Waals surface area contributed by atoms with Crippen LogP contribution in [0.4, 0.5) is 0 Å². The normalized spacial score (nSPS) is 20.4. The van der Waals surface area contributed by atoms with E-state index in [1.54, 1.807) is 23.1 Å². The number of benzene rings is 2. The number of hydrogen-bond acceptors (Lipinski definition) is 5. The largest absolute Gasteiger partial charge is 0.489 e. The van der Waals surface area contributed by atoms with Crippen LogP contribution in [-0.2, 0) is 21.0 Å². The van der Waals surface area contributed by atoms with Gasteiger partial charge in [0.1, 0.15) is 18.9 Å². The summed E-state index contributed by atoms with van der Waals surface area (Å²) in [6.45, 7) is 10.1. The number of Topliss-reactive ketones (excluding diaryl/α,β-unsaturated/α-hetero) is 2. The Morgan fingerprint density at radius 2 is 1.48 bits per heavy atom. The molecule has 0 saturated carbocycles. The number of aliphatic carboxylic acids is 1. The van der Waals surface area contributed by atoms with Crippen LogP contribution in [0, 0.1) is 17.8 Å². The molecule has 2 aromatic carbocycles. The summed E-state index contributed by atoms with van der Waals surface area (Å²) in [6.07, 6.45) is 1.68. The van der Waals surface area contributed by atoms with Gasteiger partial charge in [-0.2, -0.15) is 0 Å². The quantitative estimate of drug-likeness (QED) is 0.409. The molecule has 0 saturated heterocycles. The molecule has 7 heteroatoms. The van der Waals surface area contributed by atoms with Crippen LogP contribution >= 0.6 is 11.6 Å². The third kappa shape index (κ3) is 5.46. The van der Waals surface area contributed by atoms with Gasteiger partial charge in [0.25, 0.3) is 0 Å². The molecule has 5 rings (SSSR count). The lowest BCUT2D eigenvalue weighted by molar-refractivity contribution is -0.138. The van der Waals surface area contributed by atoms with Crippen molar-refractivity contribution >= 4 is 29.1 Å². The number of aryl methyl sites for hydroxylation is 1. The summed E-state index contributed by atoms with van der Waals surface area (Å²) in [5.41, 5.74) is 4.50. The number of carboxylic acid groups (broad SMARTS) is 1. The van der Waals surface area contributed by atoms with E-state index >= 15 is 0 Å². The van der Waals surface area contributed by atoms with Crippen LogP contribution in [0.3, 0.4) is 0 Å². The van der Waals surface area contributed by atoms with E-state index in [0.717, 1.165) is 11.1 Å². The number of ether oxygens (including phenoxy) is 1. The molecular formula is C33H36ClNO5. The second kappa shape index (κ2) is 10.2. The Morgan fingerprint density at radius 1 is 0.925 bits per heavy atom. The molecule has 2 aromatic rings. The van der Waals surface area contributed by atoms with Crippen molar-refractivity contribution in [2.75, 3.05) is 6.54 Å². The Labute approximate surface area is 240 Å². The molecule has 0 unspecified atom stereocenters. The fourth-order valence-corrected chi connectivity index (χ4v) is 6.59. The molecule has 0 bridgehead atoms. The number of carbonyl (C=O) groups excluding carboxylic acids is 2. The van der Waals surface area contributed by atoms with Crippen LogP contribution in [0.5, 0.6) is 5.75 Å². The molecule has 0 fully saturated rings. The van der Waals surface area contributed by atoms with Gasteiger partial charge in [-0.25, -0.2) is 0 Å². The lowest BCUT2D eigenvalue weighted by Gasteiger charge is -2.48. The summed E-state index contributed by atoms with van der Waals surface area (Å²) in [7, 11) is 0. The van der Waals surface area contributed by atoms with Gasteiger partial charge in [-0.1, -0.05) is 69.1 Å². The van der Waals surface area contributed by atoms with E-state index in [4.69, 9.17) is 16.3 Å². The van der Waals surface area contributed by atoms with E-state index in [0.29, 0.717) is 71.2 Å². The van der Waals surface area contributed by atoms with E-state index in [1.165, 1.54) is 0 Å². The summed E-state index contributed by atoms with van der Waals surface area (Å²) < 4.78 is 6.34. The van der Waals surface area contributed by atoms with Gasteiger partial charge in [0, 0.05) is 51.9 Å². The summed E-state index contributed by atoms with van der Waals surface area (Å²) in [4.78, 5) is 41.7. The standard InChI is InChI=1S/C33H36ClNO5/c1-19-6-8-20(9-7-19)18-40-27-11-10-21(34)12-22(27)29-30-23(13-32(2,3)15-25(30)36)35(17-28(38)39)24-14-33(4,5)16-26(37)31(24)29/h6-12,29H,13-18H2,1-5H3,(H,38,39). The number of ketones is 2. The molecule has 6 nitrogen and oxygen atoms in total. The van der Waals surface area contributed by atoms with Crippen LogP contribution in [-0.4, -0.2) is 34.1 Å². The lowest BCUT2D eigenvalue weighted by atomic mass is 9.63.